The largest absolute Gasteiger partial charge is 0.481 e. The number of carboxylic acids is 1. The number of unbranched alkanes of at least 4 members (excludes halogenated alkanes) is 6. The Labute approximate surface area is 99.4 Å². The van der Waals surface area contributed by atoms with Crippen LogP contribution in [0.4, 0.5) is 0 Å². The van der Waals surface area contributed by atoms with E-state index in [-0.39, 0.29) is 5.92 Å². The summed E-state index contributed by atoms with van der Waals surface area (Å²) < 4.78 is 0. The van der Waals surface area contributed by atoms with E-state index in [1.165, 1.54) is 32.1 Å². The predicted octanol–water partition coefficient (Wildman–Crippen LogP) is 3.85. The summed E-state index contributed by atoms with van der Waals surface area (Å²) in [7, 11) is 0. The average molecular weight is 224 g/mol. The fraction of sp³-hybridized carbons (Fsp3) is 0.786. The zero-order chi connectivity index (χ0) is 12.2. The van der Waals surface area contributed by atoms with Crippen LogP contribution >= 0.6 is 0 Å². The Hall–Kier alpha value is -0.970. The minimum Gasteiger partial charge on any atom is -0.481 e. The van der Waals surface area contributed by atoms with Crippen molar-refractivity contribution in [3.8, 4) is 12.3 Å². The Kier molecular flexibility index (Phi) is 9.91. The summed E-state index contributed by atoms with van der Waals surface area (Å²) in [5, 5.41) is 8.88. The molecule has 1 atom stereocenters. The van der Waals surface area contributed by atoms with Gasteiger partial charge in [0.1, 0.15) is 0 Å². The van der Waals surface area contributed by atoms with Gasteiger partial charge in [0.2, 0.25) is 0 Å². The number of carboxylic acid groups (broad SMARTS) is 1. The Bertz CT molecular complexity index is 215. The molecule has 2 nitrogen and oxygen atoms in total. The first-order valence-corrected chi connectivity index (χ1v) is 6.38. The SMILES string of the molecule is C#CCC(CCCCCCCCC)C(=O)O. The Morgan fingerprint density at radius 3 is 2.25 bits per heavy atom. The summed E-state index contributed by atoms with van der Waals surface area (Å²) in [5.74, 6) is 1.36. The summed E-state index contributed by atoms with van der Waals surface area (Å²) >= 11 is 0. The number of hydrogen-bond donors (Lipinski definition) is 1. The Balaban J connectivity index is 3.41. The van der Waals surface area contributed by atoms with Crippen LogP contribution in [0.2, 0.25) is 0 Å². The molecule has 92 valence electrons. The molecule has 0 aliphatic carbocycles. The monoisotopic (exact) mass is 224 g/mol. The van der Waals surface area contributed by atoms with Crippen molar-refractivity contribution >= 4 is 5.97 Å². The highest BCUT2D eigenvalue weighted by Crippen LogP contribution is 2.15. The third kappa shape index (κ3) is 8.35. The summed E-state index contributed by atoms with van der Waals surface area (Å²) in [6, 6.07) is 0. The first kappa shape index (κ1) is 15.0. The van der Waals surface area contributed by atoms with Crippen molar-refractivity contribution in [1.29, 1.82) is 0 Å². The molecule has 0 heterocycles. The van der Waals surface area contributed by atoms with Gasteiger partial charge in [-0.3, -0.25) is 4.79 Å². The molecule has 0 aromatic heterocycles. The summed E-state index contributed by atoms with van der Waals surface area (Å²) in [6.45, 7) is 2.21. The number of aliphatic carboxylic acids is 1. The van der Waals surface area contributed by atoms with Crippen LogP contribution in [0.25, 0.3) is 0 Å². The van der Waals surface area contributed by atoms with Crippen molar-refractivity contribution < 1.29 is 9.90 Å². The third-order valence-electron chi connectivity index (χ3n) is 2.87. The third-order valence-corrected chi connectivity index (χ3v) is 2.87. The lowest BCUT2D eigenvalue weighted by atomic mass is 9.97. The van der Waals surface area contributed by atoms with E-state index in [0.717, 1.165) is 19.3 Å². The quantitative estimate of drug-likeness (QED) is 0.452. The fourth-order valence-electron chi connectivity index (χ4n) is 1.80. The molecule has 1 N–H and O–H groups in total. The normalized spacial score (nSPS) is 12.0. The molecule has 0 aromatic rings. The molecule has 0 amide bonds. The van der Waals surface area contributed by atoms with Gasteiger partial charge in [0, 0.05) is 6.42 Å². The van der Waals surface area contributed by atoms with Crippen LogP contribution in [0.15, 0.2) is 0 Å². The molecule has 0 rings (SSSR count). The molecular formula is C14H24O2. The first-order valence-electron chi connectivity index (χ1n) is 6.38. The minimum absolute atomic E-state index is 0.333. The molecule has 0 aliphatic rings. The maximum atomic E-state index is 10.8. The van der Waals surface area contributed by atoms with Crippen molar-refractivity contribution in [2.45, 2.75) is 64.7 Å². The van der Waals surface area contributed by atoms with E-state index in [9.17, 15) is 4.79 Å². The Morgan fingerprint density at radius 2 is 1.75 bits per heavy atom. The molecule has 0 aliphatic heterocycles. The zero-order valence-corrected chi connectivity index (χ0v) is 10.4. The van der Waals surface area contributed by atoms with Crippen LogP contribution in [-0.2, 0) is 4.79 Å². The standard InChI is InChI=1S/C14H24O2/c1-3-5-6-7-8-9-10-12-13(11-4-2)14(15)16/h2,13H,3,5-12H2,1H3,(H,15,16). The van der Waals surface area contributed by atoms with Gasteiger partial charge in [-0.1, -0.05) is 51.9 Å². The van der Waals surface area contributed by atoms with Crippen LogP contribution in [0, 0.1) is 18.3 Å². The van der Waals surface area contributed by atoms with Crippen LogP contribution in [0.5, 0.6) is 0 Å². The highest BCUT2D eigenvalue weighted by molar-refractivity contribution is 5.70. The summed E-state index contributed by atoms with van der Waals surface area (Å²) in [5.41, 5.74) is 0. The van der Waals surface area contributed by atoms with Gasteiger partial charge in [0.25, 0.3) is 0 Å². The number of carbonyl (C=O) groups is 1. The van der Waals surface area contributed by atoms with Gasteiger partial charge in [-0.2, -0.15) is 0 Å². The average Bonchev–Trinajstić information content (AvgIpc) is 2.26. The van der Waals surface area contributed by atoms with Gasteiger partial charge in [-0.15, -0.1) is 12.3 Å². The predicted molar refractivity (Wildman–Crippen MR) is 67.2 cm³/mol. The van der Waals surface area contributed by atoms with Gasteiger partial charge in [0.15, 0.2) is 0 Å². The van der Waals surface area contributed by atoms with Crippen LogP contribution in [0.1, 0.15) is 64.7 Å². The van der Waals surface area contributed by atoms with Gasteiger partial charge < -0.3 is 5.11 Å². The van der Waals surface area contributed by atoms with Crippen molar-refractivity contribution in [3.63, 3.8) is 0 Å². The van der Waals surface area contributed by atoms with E-state index < -0.39 is 5.97 Å². The number of rotatable bonds is 10. The molecular weight excluding hydrogens is 200 g/mol. The molecule has 0 aromatic carbocycles. The highest BCUT2D eigenvalue weighted by atomic mass is 16.4. The zero-order valence-electron chi connectivity index (χ0n) is 10.4. The first-order chi connectivity index (χ1) is 7.72. The number of terminal acetylenes is 1. The molecule has 0 radical (unpaired) electrons. The van der Waals surface area contributed by atoms with Gasteiger partial charge in [-0.05, 0) is 6.42 Å². The van der Waals surface area contributed by atoms with Crippen molar-refractivity contribution in [3.05, 3.63) is 0 Å². The Morgan fingerprint density at radius 1 is 1.19 bits per heavy atom. The van der Waals surface area contributed by atoms with E-state index in [2.05, 4.69) is 12.8 Å². The minimum atomic E-state index is -0.746. The van der Waals surface area contributed by atoms with E-state index in [1.807, 2.05) is 0 Å². The van der Waals surface area contributed by atoms with Crippen molar-refractivity contribution in [2.75, 3.05) is 0 Å². The van der Waals surface area contributed by atoms with Crippen LogP contribution in [-0.4, -0.2) is 11.1 Å². The fourth-order valence-corrected chi connectivity index (χ4v) is 1.80. The smallest absolute Gasteiger partial charge is 0.307 e. The lowest BCUT2D eigenvalue weighted by molar-refractivity contribution is -0.141. The van der Waals surface area contributed by atoms with E-state index in [0.29, 0.717) is 6.42 Å². The molecule has 2 heteroatoms. The molecule has 0 saturated heterocycles. The second-order valence-corrected chi connectivity index (χ2v) is 4.35. The van der Waals surface area contributed by atoms with Crippen LogP contribution < -0.4 is 0 Å². The van der Waals surface area contributed by atoms with Crippen molar-refractivity contribution in [1.82, 2.24) is 0 Å². The number of hydrogen-bond acceptors (Lipinski definition) is 1. The molecule has 0 spiro atoms. The molecule has 0 fully saturated rings. The van der Waals surface area contributed by atoms with Gasteiger partial charge in [0.05, 0.1) is 5.92 Å². The van der Waals surface area contributed by atoms with E-state index in [4.69, 9.17) is 11.5 Å². The molecule has 0 bridgehead atoms. The second kappa shape index (κ2) is 10.5. The van der Waals surface area contributed by atoms with E-state index in [1.54, 1.807) is 0 Å². The van der Waals surface area contributed by atoms with Gasteiger partial charge >= 0.3 is 5.97 Å². The second-order valence-electron chi connectivity index (χ2n) is 4.35. The van der Waals surface area contributed by atoms with Crippen LogP contribution in [0.3, 0.4) is 0 Å². The molecule has 0 saturated carbocycles. The highest BCUT2D eigenvalue weighted by Gasteiger charge is 2.14. The maximum Gasteiger partial charge on any atom is 0.307 e. The topological polar surface area (TPSA) is 37.3 Å². The van der Waals surface area contributed by atoms with Gasteiger partial charge in [-0.25, -0.2) is 0 Å². The van der Waals surface area contributed by atoms with E-state index >= 15 is 0 Å². The molecule has 16 heavy (non-hydrogen) atoms. The summed E-state index contributed by atoms with van der Waals surface area (Å²) in [6.07, 6.45) is 14.8. The lowest BCUT2D eigenvalue weighted by Crippen LogP contribution is -2.12. The maximum absolute atomic E-state index is 10.8. The van der Waals surface area contributed by atoms with Crippen molar-refractivity contribution in [2.24, 2.45) is 5.92 Å². The molecule has 1 unspecified atom stereocenters. The lowest BCUT2D eigenvalue weighted by Gasteiger charge is -2.08. The summed E-state index contributed by atoms with van der Waals surface area (Å²) in [4.78, 5) is 10.8.